The highest BCUT2D eigenvalue weighted by Crippen LogP contribution is 2.32. The van der Waals surface area contributed by atoms with E-state index in [1.807, 2.05) is 0 Å². The van der Waals surface area contributed by atoms with Crippen LogP contribution >= 0.6 is 0 Å². The van der Waals surface area contributed by atoms with E-state index in [0.717, 1.165) is 25.7 Å². The number of alkyl halides is 3. The van der Waals surface area contributed by atoms with Gasteiger partial charge in [-0.15, -0.1) is 0 Å². The second-order valence-electron chi connectivity index (χ2n) is 6.02. The predicted octanol–water partition coefficient (Wildman–Crippen LogP) is 2.71. The molecule has 1 heterocycles. The summed E-state index contributed by atoms with van der Waals surface area (Å²) in [6, 6.07) is 0.222. The zero-order valence-electron chi connectivity index (χ0n) is 11.7. The van der Waals surface area contributed by atoms with E-state index in [4.69, 9.17) is 0 Å². The first-order valence-corrected chi connectivity index (χ1v) is 7.53. The van der Waals surface area contributed by atoms with E-state index in [1.54, 1.807) is 4.90 Å². The number of carbonyl (C=O) groups excluding carboxylic acids is 1. The molecule has 1 unspecified atom stereocenters. The molecule has 2 rings (SSSR count). The van der Waals surface area contributed by atoms with E-state index in [1.165, 1.54) is 6.42 Å². The average molecular weight is 292 g/mol. The van der Waals surface area contributed by atoms with Crippen LogP contribution in [0.5, 0.6) is 0 Å². The number of amides is 1. The Balaban J connectivity index is 1.75. The molecule has 116 valence electrons. The largest absolute Gasteiger partial charge is 0.393 e. The van der Waals surface area contributed by atoms with Gasteiger partial charge in [-0.25, -0.2) is 0 Å². The fraction of sp³-hybridized carbons (Fsp3) is 0.929. The summed E-state index contributed by atoms with van der Waals surface area (Å²) in [5.74, 6) is -1.40. The Morgan fingerprint density at radius 1 is 1.10 bits per heavy atom. The normalized spacial score (nSPS) is 26.4. The van der Waals surface area contributed by atoms with Gasteiger partial charge >= 0.3 is 6.18 Å². The summed E-state index contributed by atoms with van der Waals surface area (Å²) in [5.41, 5.74) is 0. The number of carbonyl (C=O) groups is 1. The zero-order chi connectivity index (χ0) is 14.6. The van der Waals surface area contributed by atoms with Gasteiger partial charge in [-0.3, -0.25) is 9.69 Å². The van der Waals surface area contributed by atoms with Crippen molar-refractivity contribution in [1.29, 1.82) is 0 Å². The second kappa shape index (κ2) is 6.78. The van der Waals surface area contributed by atoms with E-state index in [0.29, 0.717) is 13.0 Å². The molecule has 3 nitrogen and oxygen atoms in total. The van der Waals surface area contributed by atoms with Crippen LogP contribution < -0.4 is 5.32 Å². The molecule has 1 aliphatic heterocycles. The van der Waals surface area contributed by atoms with Gasteiger partial charge in [0.1, 0.15) is 0 Å². The highest BCUT2D eigenvalue weighted by molar-refractivity contribution is 5.78. The van der Waals surface area contributed by atoms with Crippen molar-refractivity contribution in [2.24, 2.45) is 5.92 Å². The van der Waals surface area contributed by atoms with Crippen molar-refractivity contribution in [2.75, 3.05) is 19.6 Å². The molecule has 0 aromatic rings. The number of likely N-dealkylation sites (tertiary alicyclic amines) is 1. The Kier molecular flexibility index (Phi) is 5.29. The third kappa shape index (κ3) is 4.65. The lowest BCUT2D eigenvalue weighted by atomic mass is 9.95. The summed E-state index contributed by atoms with van der Waals surface area (Å²) < 4.78 is 38.1. The first kappa shape index (κ1) is 15.6. The van der Waals surface area contributed by atoms with Crippen LogP contribution in [-0.2, 0) is 4.79 Å². The molecular formula is C14H23F3N2O. The molecule has 1 aliphatic carbocycles. The minimum absolute atomic E-state index is 0.0401. The highest BCUT2D eigenvalue weighted by Gasteiger charge is 2.41. The third-order valence-electron chi connectivity index (χ3n) is 4.31. The lowest BCUT2D eigenvalue weighted by molar-refractivity contribution is -0.187. The van der Waals surface area contributed by atoms with Gasteiger partial charge in [-0.1, -0.05) is 19.3 Å². The topological polar surface area (TPSA) is 32.3 Å². The maximum atomic E-state index is 12.7. The maximum Gasteiger partial charge on any atom is 0.393 e. The van der Waals surface area contributed by atoms with Crippen LogP contribution in [0.15, 0.2) is 0 Å². The highest BCUT2D eigenvalue weighted by atomic mass is 19.4. The Morgan fingerprint density at radius 2 is 1.80 bits per heavy atom. The fourth-order valence-corrected chi connectivity index (χ4v) is 3.19. The Hall–Kier alpha value is -0.780. The smallest absolute Gasteiger partial charge is 0.352 e. The third-order valence-corrected chi connectivity index (χ3v) is 4.31. The molecule has 2 aliphatic rings. The van der Waals surface area contributed by atoms with Crippen molar-refractivity contribution in [2.45, 2.75) is 57.2 Å². The second-order valence-corrected chi connectivity index (χ2v) is 6.02. The molecule has 6 heteroatoms. The van der Waals surface area contributed by atoms with E-state index in [-0.39, 0.29) is 31.5 Å². The van der Waals surface area contributed by atoms with E-state index in [9.17, 15) is 18.0 Å². The van der Waals surface area contributed by atoms with Gasteiger partial charge in [0.2, 0.25) is 5.91 Å². The molecule has 1 amide bonds. The van der Waals surface area contributed by atoms with Crippen LogP contribution in [0.25, 0.3) is 0 Å². The fourth-order valence-electron chi connectivity index (χ4n) is 3.19. The Labute approximate surface area is 117 Å². The van der Waals surface area contributed by atoms with Crippen LogP contribution in [0, 0.1) is 5.92 Å². The van der Waals surface area contributed by atoms with Gasteiger partial charge in [-0.2, -0.15) is 13.2 Å². The summed E-state index contributed by atoms with van der Waals surface area (Å²) in [7, 11) is 0. The quantitative estimate of drug-likeness (QED) is 0.867. The summed E-state index contributed by atoms with van der Waals surface area (Å²) in [6.45, 7) is 0.648. The van der Waals surface area contributed by atoms with Crippen LogP contribution in [0.3, 0.4) is 0 Å². The van der Waals surface area contributed by atoms with E-state index in [2.05, 4.69) is 5.32 Å². The molecular weight excluding hydrogens is 269 g/mol. The maximum absolute atomic E-state index is 12.7. The Bertz CT molecular complexity index is 327. The lowest BCUT2D eigenvalue weighted by Gasteiger charge is -2.33. The van der Waals surface area contributed by atoms with Crippen molar-refractivity contribution >= 4 is 5.91 Å². The van der Waals surface area contributed by atoms with Crippen molar-refractivity contribution in [3.63, 3.8) is 0 Å². The van der Waals surface area contributed by atoms with Crippen LogP contribution in [-0.4, -0.2) is 42.7 Å². The molecule has 0 spiro atoms. The van der Waals surface area contributed by atoms with Gasteiger partial charge < -0.3 is 5.32 Å². The van der Waals surface area contributed by atoms with Crippen molar-refractivity contribution in [3.05, 3.63) is 0 Å². The zero-order valence-corrected chi connectivity index (χ0v) is 11.7. The van der Waals surface area contributed by atoms with Gasteiger partial charge in [0.15, 0.2) is 0 Å². The number of hydrogen-bond acceptors (Lipinski definition) is 2. The lowest BCUT2D eigenvalue weighted by Crippen LogP contribution is -2.47. The minimum Gasteiger partial charge on any atom is -0.352 e. The average Bonchev–Trinajstić information content (AvgIpc) is 2.39. The summed E-state index contributed by atoms with van der Waals surface area (Å²) in [4.78, 5) is 13.5. The van der Waals surface area contributed by atoms with Crippen LogP contribution in [0.1, 0.15) is 44.9 Å². The standard InChI is InChI=1S/C14H23F3N2O/c15-14(16,17)11-5-4-8-19(9-11)10-13(20)18-12-6-2-1-3-7-12/h11-12H,1-10H2,(H,18,20). The number of nitrogens with one attached hydrogen (secondary N) is 1. The molecule has 0 bridgehead atoms. The summed E-state index contributed by atoms with van der Waals surface area (Å²) in [5, 5.41) is 2.96. The molecule has 0 aromatic carbocycles. The molecule has 0 radical (unpaired) electrons. The molecule has 1 saturated carbocycles. The van der Waals surface area contributed by atoms with Crippen LogP contribution in [0.2, 0.25) is 0 Å². The molecule has 1 N–H and O–H groups in total. The molecule has 1 saturated heterocycles. The molecule has 1 atom stereocenters. The van der Waals surface area contributed by atoms with Gasteiger partial charge in [0.25, 0.3) is 0 Å². The Morgan fingerprint density at radius 3 is 2.45 bits per heavy atom. The van der Waals surface area contributed by atoms with Gasteiger partial charge in [0.05, 0.1) is 12.5 Å². The predicted molar refractivity (Wildman–Crippen MR) is 70.2 cm³/mol. The summed E-state index contributed by atoms with van der Waals surface area (Å²) in [6.07, 6.45) is 2.03. The van der Waals surface area contributed by atoms with Crippen molar-refractivity contribution < 1.29 is 18.0 Å². The number of halogens is 3. The molecule has 20 heavy (non-hydrogen) atoms. The van der Waals surface area contributed by atoms with Crippen molar-refractivity contribution in [1.82, 2.24) is 10.2 Å². The van der Waals surface area contributed by atoms with Crippen LogP contribution in [0.4, 0.5) is 13.2 Å². The van der Waals surface area contributed by atoms with Gasteiger partial charge in [0, 0.05) is 12.6 Å². The molecule has 0 aromatic heterocycles. The minimum atomic E-state index is -4.14. The van der Waals surface area contributed by atoms with E-state index < -0.39 is 12.1 Å². The van der Waals surface area contributed by atoms with Crippen molar-refractivity contribution in [3.8, 4) is 0 Å². The first-order valence-electron chi connectivity index (χ1n) is 7.53. The van der Waals surface area contributed by atoms with E-state index >= 15 is 0 Å². The SMILES string of the molecule is O=C(CN1CCCC(C(F)(F)F)C1)NC1CCCCC1. The number of piperidine rings is 1. The monoisotopic (exact) mass is 292 g/mol. The summed E-state index contributed by atoms with van der Waals surface area (Å²) >= 11 is 0. The number of hydrogen-bond donors (Lipinski definition) is 1. The number of nitrogens with zero attached hydrogens (tertiary/aromatic N) is 1. The number of rotatable bonds is 3. The molecule has 2 fully saturated rings. The van der Waals surface area contributed by atoms with Gasteiger partial charge in [-0.05, 0) is 32.2 Å². The first-order chi connectivity index (χ1) is 9.45.